The Bertz CT molecular complexity index is 501. The number of carbonyl (C=O) groups is 1. The van der Waals surface area contributed by atoms with Crippen molar-refractivity contribution in [2.75, 3.05) is 30.4 Å². The van der Waals surface area contributed by atoms with Gasteiger partial charge >= 0.3 is 0 Å². The summed E-state index contributed by atoms with van der Waals surface area (Å²) in [6, 6.07) is 0. The first-order chi connectivity index (χ1) is 8.65. The average molecular weight is 375 g/mol. The van der Waals surface area contributed by atoms with Crippen molar-refractivity contribution in [2.24, 2.45) is 0 Å². The number of nitrogens with two attached hydrogens (primary N) is 1. The molecule has 2 aliphatic rings. The van der Waals surface area contributed by atoms with E-state index in [1.807, 2.05) is 0 Å². The number of amides is 1. The summed E-state index contributed by atoms with van der Waals surface area (Å²) in [6.45, 7) is 4.53. The molecule has 0 aliphatic carbocycles. The number of likely N-dealkylation sites (tertiary alicyclic amines) is 1. The van der Waals surface area contributed by atoms with E-state index in [4.69, 9.17) is 5.73 Å². The predicted octanol–water partition coefficient (Wildman–Crippen LogP) is 0.928. The number of hydrogen-bond donors (Lipinski definition) is 1. The van der Waals surface area contributed by atoms with Crippen LogP contribution in [-0.4, -0.2) is 40.5 Å². The van der Waals surface area contributed by atoms with Crippen LogP contribution in [0.25, 0.3) is 0 Å². The first-order valence-corrected chi connectivity index (χ1v) is 6.31. The molecule has 19 heavy (non-hydrogen) atoms. The van der Waals surface area contributed by atoms with E-state index in [0.29, 0.717) is 30.5 Å². The number of halogens is 1. The number of hydrogen-bond acceptors (Lipinski definition) is 5. The molecule has 1 aromatic rings. The van der Waals surface area contributed by atoms with Gasteiger partial charge in [-0.25, -0.2) is 9.97 Å². The monoisotopic (exact) mass is 375 g/mol. The molecule has 1 amide bonds. The van der Waals surface area contributed by atoms with E-state index in [1.165, 1.54) is 12.8 Å². The molecule has 3 heterocycles. The molecule has 0 bridgehead atoms. The number of rotatable bonds is 2. The molecule has 0 saturated carbocycles. The lowest BCUT2D eigenvalue weighted by Gasteiger charge is -2.23. The van der Waals surface area contributed by atoms with Crippen LogP contribution in [0.5, 0.6) is 0 Å². The van der Waals surface area contributed by atoms with Gasteiger partial charge in [0.15, 0.2) is 0 Å². The molecule has 7 heteroatoms. The van der Waals surface area contributed by atoms with Crippen molar-refractivity contribution in [3.05, 3.63) is 11.4 Å². The Labute approximate surface area is 129 Å². The van der Waals surface area contributed by atoms with Crippen LogP contribution in [0.15, 0.2) is 0 Å². The summed E-state index contributed by atoms with van der Waals surface area (Å²) in [4.78, 5) is 24.6. The maximum absolute atomic E-state index is 12.1. The number of aryl methyl sites for hydroxylation is 1. The summed E-state index contributed by atoms with van der Waals surface area (Å²) in [6.07, 6.45) is 2.74. The minimum Gasteiger partial charge on any atom is -0.383 e. The number of aromatic nitrogens is 2. The second kappa shape index (κ2) is 5.58. The Morgan fingerprint density at radius 3 is 2.63 bits per heavy atom. The molecular formula is C12H18IN5O. The zero-order valence-corrected chi connectivity index (χ0v) is 13.3. The van der Waals surface area contributed by atoms with Crippen LogP contribution in [0.2, 0.25) is 0 Å². The first kappa shape index (κ1) is 14.4. The normalized spacial score (nSPS) is 18.6. The molecule has 104 valence electrons. The lowest BCUT2D eigenvalue weighted by Crippen LogP contribution is -2.38. The first-order valence-electron chi connectivity index (χ1n) is 6.31. The summed E-state index contributed by atoms with van der Waals surface area (Å²) in [7, 11) is 0. The Morgan fingerprint density at radius 2 is 1.95 bits per heavy atom. The number of nitrogen functional groups attached to an aromatic ring is 1. The van der Waals surface area contributed by atoms with Crippen molar-refractivity contribution in [3.63, 3.8) is 0 Å². The summed E-state index contributed by atoms with van der Waals surface area (Å²) >= 11 is 0. The van der Waals surface area contributed by atoms with Gasteiger partial charge in [0, 0.05) is 5.56 Å². The van der Waals surface area contributed by atoms with Crippen LogP contribution >= 0.6 is 24.0 Å². The third kappa shape index (κ3) is 2.66. The minimum absolute atomic E-state index is 0. The Kier molecular flexibility index (Phi) is 4.24. The van der Waals surface area contributed by atoms with Crippen LogP contribution < -0.4 is 10.6 Å². The molecule has 0 radical (unpaired) electrons. The van der Waals surface area contributed by atoms with E-state index < -0.39 is 0 Å². The van der Waals surface area contributed by atoms with E-state index in [-0.39, 0.29) is 29.9 Å². The maximum Gasteiger partial charge on any atom is 0.233 e. The third-order valence-electron chi connectivity index (χ3n) is 3.55. The molecule has 0 atom stereocenters. The lowest BCUT2D eigenvalue weighted by atomic mass is 10.2. The zero-order chi connectivity index (χ0) is 12.7. The summed E-state index contributed by atoms with van der Waals surface area (Å²) < 4.78 is 0. The van der Waals surface area contributed by atoms with Crippen molar-refractivity contribution in [1.82, 2.24) is 14.9 Å². The van der Waals surface area contributed by atoms with Crippen LogP contribution in [0.3, 0.4) is 0 Å². The van der Waals surface area contributed by atoms with Gasteiger partial charge in [-0.1, -0.05) is 0 Å². The van der Waals surface area contributed by atoms with Crippen LogP contribution in [0.4, 0.5) is 11.6 Å². The van der Waals surface area contributed by atoms with E-state index in [1.54, 1.807) is 11.8 Å². The summed E-state index contributed by atoms with van der Waals surface area (Å²) in [5, 5.41) is 0. The SMILES string of the molecule is Cc1nc(N)c2c(n1)N(CN1CCCC1)C(=O)C2.I. The van der Waals surface area contributed by atoms with Gasteiger partial charge in [-0.3, -0.25) is 14.6 Å². The average Bonchev–Trinajstić information content (AvgIpc) is 2.91. The van der Waals surface area contributed by atoms with Crippen LogP contribution in [0, 0.1) is 6.92 Å². The molecule has 0 spiro atoms. The molecule has 2 N–H and O–H groups in total. The second-order valence-corrected chi connectivity index (χ2v) is 4.92. The van der Waals surface area contributed by atoms with Gasteiger partial charge < -0.3 is 5.73 Å². The summed E-state index contributed by atoms with van der Waals surface area (Å²) in [5.41, 5.74) is 6.64. The van der Waals surface area contributed by atoms with Crippen LogP contribution in [0.1, 0.15) is 24.2 Å². The minimum atomic E-state index is 0. The van der Waals surface area contributed by atoms with Gasteiger partial charge in [-0.2, -0.15) is 0 Å². The highest BCUT2D eigenvalue weighted by Gasteiger charge is 2.32. The standard InChI is InChI=1S/C12H17N5O.HI/c1-8-14-11(13)9-6-10(18)17(12(9)15-8)7-16-4-2-3-5-16;/h2-7H2,1H3,(H2,13,14,15);1H. The van der Waals surface area contributed by atoms with Crippen molar-refractivity contribution in [1.29, 1.82) is 0 Å². The smallest absolute Gasteiger partial charge is 0.233 e. The topological polar surface area (TPSA) is 75.3 Å². The molecule has 0 unspecified atom stereocenters. The molecule has 0 aromatic carbocycles. The molecule has 1 fully saturated rings. The fourth-order valence-electron chi connectivity index (χ4n) is 2.63. The van der Waals surface area contributed by atoms with E-state index in [0.717, 1.165) is 18.7 Å². The Hall–Kier alpha value is -0.960. The largest absolute Gasteiger partial charge is 0.383 e. The fourth-order valence-corrected chi connectivity index (χ4v) is 2.63. The molecular weight excluding hydrogens is 357 g/mol. The van der Waals surface area contributed by atoms with E-state index in [2.05, 4.69) is 14.9 Å². The molecule has 1 aromatic heterocycles. The number of anilines is 2. The fraction of sp³-hybridized carbons (Fsp3) is 0.583. The van der Waals surface area contributed by atoms with Crippen molar-refractivity contribution in [2.45, 2.75) is 26.2 Å². The van der Waals surface area contributed by atoms with Gasteiger partial charge in [0.2, 0.25) is 5.91 Å². The van der Waals surface area contributed by atoms with Gasteiger partial charge in [-0.15, -0.1) is 24.0 Å². The van der Waals surface area contributed by atoms with Gasteiger partial charge in [0.1, 0.15) is 17.5 Å². The maximum atomic E-state index is 12.1. The van der Waals surface area contributed by atoms with E-state index in [9.17, 15) is 4.79 Å². The highest BCUT2D eigenvalue weighted by Crippen LogP contribution is 2.30. The molecule has 3 rings (SSSR count). The predicted molar refractivity (Wildman–Crippen MR) is 83.5 cm³/mol. The highest BCUT2D eigenvalue weighted by molar-refractivity contribution is 14.0. The van der Waals surface area contributed by atoms with Gasteiger partial charge in [-0.05, 0) is 32.9 Å². The number of nitrogens with zero attached hydrogens (tertiary/aromatic N) is 4. The quantitative estimate of drug-likeness (QED) is 0.779. The Balaban J connectivity index is 0.00000133. The van der Waals surface area contributed by atoms with Gasteiger partial charge in [0.05, 0.1) is 13.1 Å². The number of carbonyl (C=O) groups excluding carboxylic acids is 1. The summed E-state index contributed by atoms with van der Waals surface area (Å²) in [5.74, 6) is 1.84. The van der Waals surface area contributed by atoms with Crippen molar-refractivity contribution < 1.29 is 4.79 Å². The van der Waals surface area contributed by atoms with E-state index >= 15 is 0 Å². The molecule has 2 aliphatic heterocycles. The van der Waals surface area contributed by atoms with Crippen molar-refractivity contribution in [3.8, 4) is 0 Å². The molecule has 1 saturated heterocycles. The Morgan fingerprint density at radius 1 is 1.26 bits per heavy atom. The second-order valence-electron chi connectivity index (χ2n) is 4.92. The highest BCUT2D eigenvalue weighted by atomic mass is 127. The lowest BCUT2D eigenvalue weighted by molar-refractivity contribution is -0.117. The third-order valence-corrected chi connectivity index (χ3v) is 3.55. The van der Waals surface area contributed by atoms with Crippen molar-refractivity contribution >= 4 is 41.5 Å². The van der Waals surface area contributed by atoms with Gasteiger partial charge in [0.25, 0.3) is 0 Å². The zero-order valence-electron chi connectivity index (χ0n) is 10.9. The molecule has 6 nitrogen and oxygen atoms in total. The van der Waals surface area contributed by atoms with Crippen LogP contribution in [-0.2, 0) is 11.2 Å². The number of fused-ring (bicyclic) bond motifs is 1.